The smallest absolute Gasteiger partial charge is 0.254 e. The van der Waals surface area contributed by atoms with Crippen molar-refractivity contribution in [1.82, 2.24) is 15.1 Å². The van der Waals surface area contributed by atoms with Gasteiger partial charge in [0.15, 0.2) is 11.5 Å². The Morgan fingerprint density at radius 1 is 1.06 bits per heavy atom. The largest absolute Gasteiger partial charge is 0.493 e. The van der Waals surface area contributed by atoms with E-state index in [4.69, 9.17) is 13.9 Å². The number of aromatic nitrogens is 2. The van der Waals surface area contributed by atoms with Gasteiger partial charge in [0.1, 0.15) is 0 Å². The maximum atomic E-state index is 13.0. The highest BCUT2D eigenvalue weighted by Gasteiger charge is 2.32. The van der Waals surface area contributed by atoms with Crippen LogP contribution in [0, 0.1) is 0 Å². The third-order valence-electron chi connectivity index (χ3n) is 5.53. The molecule has 1 aliphatic heterocycles. The predicted molar refractivity (Wildman–Crippen MR) is 117 cm³/mol. The first-order valence-electron chi connectivity index (χ1n) is 10.1. The van der Waals surface area contributed by atoms with Crippen LogP contribution in [0.2, 0.25) is 0 Å². The lowest BCUT2D eigenvalue weighted by atomic mass is 10.1. The van der Waals surface area contributed by atoms with Crippen LogP contribution in [0.4, 0.5) is 5.69 Å². The summed E-state index contributed by atoms with van der Waals surface area (Å²) in [6.45, 7) is 1.17. The molecule has 0 bridgehead atoms. The SMILES string of the molecule is COc1ccc(C(=O)N2CCC(c3nnc(-c4ccc(N(C)C)cc4)o3)C2)cc1OC. The van der Waals surface area contributed by atoms with Gasteiger partial charge in [0.25, 0.3) is 5.91 Å². The highest BCUT2D eigenvalue weighted by atomic mass is 16.5. The Kier molecular flexibility index (Phi) is 5.79. The van der Waals surface area contributed by atoms with E-state index in [9.17, 15) is 4.79 Å². The van der Waals surface area contributed by atoms with Crippen LogP contribution >= 0.6 is 0 Å². The lowest BCUT2D eigenvalue weighted by Gasteiger charge is -2.17. The van der Waals surface area contributed by atoms with E-state index >= 15 is 0 Å². The van der Waals surface area contributed by atoms with E-state index in [0.717, 1.165) is 17.7 Å². The number of rotatable bonds is 6. The highest BCUT2D eigenvalue weighted by molar-refractivity contribution is 5.95. The molecule has 2 aromatic carbocycles. The molecule has 8 heteroatoms. The Hall–Kier alpha value is -3.55. The van der Waals surface area contributed by atoms with Gasteiger partial charge in [-0.25, -0.2) is 0 Å². The number of hydrogen-bond donors (Lipinski definition) is 0. The first-order chi connectivity index (χ1) is 15.0. The van der Waals surface area contributed by atoms with Gasteiger partial charge in [-0.2, -0.15) is 0 Å². The molecule has 0 saturated carbocycles. The molecule has 1 fully saturated rings. The Balaban J connectivity index is 1.45. The Morgan fingerprint density at radius 3 is 2.48 bits per heavy atom. The van der Waals surface area contributed by atoms with Crippen LogP contribution in [-0.4, -0.2) is 62.4 Å². The minimum atomic E-state index is -0.0533. The number of methoxy groups -OCH3 is 2. The van der Waals surface area contributed by atoms with E-state index in [1.54, 1.807) is 32.4 Å². The fourth-order valence-corrected chi connectivity index (χ4v) is 3.72. The summed E-state index contributed by atoms with van der Waals surface area (Å²) in [6, 6.07) is 13.2. The van der Waals surface area contributed by atoms with E-state index in [0.29, 0.717) is 41.9 Å². The molecule has 1 aromatic heterocycles. The molecule has 1 amide bonds. The fraction of sp³-hybridized carbons (Fsp3) is 0.348. The summed E-state index contributed by atoms with van der Waals surface area (Å²) in [5, 5.41) is 8.46. The molecule has 0 aliphatic carbocycles. The normalized spacial score (nSPS) is 15.7. The number of hydrogen-bond acceptors (Lipinski definition) is 7. The van der Waals surface area contributed by atoms with Crippen molar-refractivity contribution in [2.75, 3.05) is 46.3 Å². The molecule has 162 valence electrons. The van der Waals surface area contributed by atoms with Crippen LogP contribution in [0.1, 0.15) is 28.6 Å². The summed E-state index contributed by atoms with van der Waals surface area (Å²) in [4.78, 5) is 16.8. The van der Waals surface area contributed by atoms with E-state index in [-0.39, 0.29) is 11.8 Å². The summed E-state index contributed by atoms with van der Waals surface area (Å²) in [7, 11) is 7.11. The minimum Gasteiger partial charge on any atom is -0.493 e. The second-order valence-electron chi connectivity index (χ2n) is 7.69. The van der Waals surface area contributed by atoms with Gasteiger partial charge in [-0.05, 0) is 48.9 Å². The van der Waals surface area contributed by atoms with Crippen molar-refractivity contribution < 1.29 is 18.7 Å². The van der Waals surface area contributed by atoms with Crippen LogP contribution in [0.25, 0.3) is 11.5 Å². The van der Waals surface area contributed by atoms with Crippen LogP contribution < -0.4 is 14.4 Å². The van der Waals surface area contributed by atoms with Crippen LogP contribution in [0.3, 0.4) is 0 Å². The fourth-order valence-electron chi connectivity index (χ4n) is 3.72. The monoisotopic (exact) mass is 422 g/mol. The van der Waals surface area contributed by atoms with Crippen LogP contribution in [0.15, 0.2) is 46.9 Å². The number of benzene rings is 2. The number of likely N-dealkylation sites (tertiary alicyclic amines) is 1. The van der Waals surface area contributed by atoms with E-state index in [1.165, 1.54) is 0 Å². The van der Waals surface area contributed by atoms with Gasteiger partial charge in [-0.1, -0.05) is 0 Å². The van der Waals surface area contributed by atoms with Gasteiger partial charge in [0.05, 0.1) is 20.1 Å². The van der Waals surface area contributed by atoms with Gasteiger partial charge in [-0.3, -0.25) is 4.79 Å². The summed E-state index contributed by atoms with van der Waals surface area (Å²) in [5.74, 6) is 2.15. The third kappa shape index (κ3) is 4.19. The number of nitrogens with zero attached hydrogens (tertiary/aromatic N) is 4. The van der Waals surface area contributed by atoms with Gasteiger partial charge in [-0.15, -0.1) is 10.2 Å². The molecule has 0 N–H and O–H groups in total. The molecule has 1 atom stereocenters. The molecule has 4 rings (SSSR count). The van der Waals surface area contributed by atoms with Crippen molar-refractivity contribution in [1.29, 1.82) is 0 Å². The zero-order valence-corrected chi connectivity index (χ0v) is 18.2. The van der Waals surface area contributed by atoms with E-state index in [1.807, 2.05) is 48.2 Å². The van der Waals surface area contributed by atoms with Gasteiger partial charge < -0.3 is 23.7 Å². The average Bonchev–Trinajstić information content (AvgIpc) is 3.48. The number of amides is 1. The first kappa shape index (κ1) is 20.7. The van der Waals surface area contributed by atoms with Crippen molar-refractivity contribution in [3.63, 3.8) is 0 Å². The topological polar surface area (TPSA) is 80.9 Å². The van der Waals surface area contributed by atoms with Crippen molar-refractivity contribution in [3.8, 4) is 23.0 Å². The zero-order valence-electron chi connectivity index (χ0n) is 18.2. The number of carbonyl (C=O) groups excluding carboxylic acids is 1. The Bertz CT molecular complexity index is 1060. The second kappa shape index (κ2) is 8.67. The molecular formula is C23H26N4O4. The first-order valence-corrected chi connectivity index (χ1v) is 10.1. The Labute approximate surface area is 181 Å². The van der Waals surface area contributed by atoms with Gasteiger partial charge >= 0.3 is 0 Å². The van der Waals surface area contributed by atoms with Crippen LogP contribution in [-0.2, 0) is 0 Å². The molecule has 3 aromatic rings. The summed E-state index contributed by atoms with van der Waals surface area (Å²) < 4.78 is 16.5. The lowest BCUT2D eigenvalue weighted by molar-refractivity contribution is 0.0789. The molecule has 0 spiro atoms. The van der Waals surface area contributed by atoms with Crippen molar-refractivity contribution in [3.05, 3.63) is 53.9 Å². The van der Waals surface area contributed by atoms with E-state index in [2.05, 4.69) is 10.2 Å². The van der Waals surface area contributed by atoms with Crippen molar-refractivity contribution in [2.45, 2.75) is 12.3 Å². The maximum Gasteiger partial charge on any atom is 0.254 e. The highest BCUT2D eigenvalue weighted by Crippen LogP contribution is 2.32. The Morgan fingerprint density at radius 2 is 1.81 bits per heavy atom. The molecule has 2 heterocycles. The molecular weight excluding hydrogens is 396 g/mol. The zero-order chi connectivity index (χ0) is 22.0. The number of anilines is 1. The quantitative estimate of drug-likeness (QED) is 0.602. The summed E-state index contributed by atoms with van der Waals surface area (Å²) in [5.41, 5.74) is 2.54. The van der Waals surface area contributed by atoms with Gasteiger partial charge in [0.2, 0.25) is 11.8 Å². The van der Waals surface area contributed by atoms with E-state index < -0.39 is 0 Å². The van der Waals surface area contributed by atoms with Gasteiger partial charge in [0, 0.05) is 44.0 Å². The molecule has 8 nitrogen and oxygen atoms in total. The second-order valence-corrected chi connectivity index (χ2v) is 7.69. The molecule has 1 aliphatic rings. The summed E-state index contributed by atoms with van der Waals surface area (Å²) >= 11 is 0. The molecule has 1 saturated heterocycles. The predicted octanol–water partition coefficient (Wildman–Crippen LogP) is 3.45. The molecule has 31 heavy (non-hydrogen) atoms. The maximum absolute atomic E-state index is 13.0. The number of ether oxygens (including phenoxy) is 2. The van der Waals surface area contributed by atoms with Crippen molar-refractivity contribution in [2.24, 2.45) is 0 Å². The van der Waals surface area contributed by atoms with Crippen molar-refractivity contribution >= 4 is 11.6 Å². The number of carbonyl (C=O) groups is 1. The summed E-state index contributed by atoms with van der Waals surface area (Å²) in [6.07, 6.45) is 0.778. The third-order valence-corrected chi connectivity index (χ3v) is 5.53. The standard InChI is InChI=1S/C23H26N4O4/c1-26(2)18-8-5-15(6-9-18)21-24-25-22(31-21)17-11-12-27(14-17)23(28)16-7-10-19(29-3)20(13-16)30-4/h5-10,13,17H,11-12,14H2,1-4H3. The molecule has 1 unspecified atom stereocenters. The van der Waals surface area contributed by atoms with Crippen LogP contribution in [0.5, 0.6) is 11.5 Å². The minimum absolute atomic E-state index is 0.0198. The lowest BCUT2D eigenvalue weighted by Crippen LogP contribution is -2.28. The molecule has 0 radical (unpaired) electrons. The average molecular weight is 422 g/mol.